The molecule has 0 aliphatic carbocycles. The highest BCUT2D eigenvalue weighted by Crippen LogP contribution is 2.14. The van der Waals surface area contributed by atoms with Crippen LogP contribution in [0.1, 0.15) is 10.4 Å². The number of carboxylic acids is 1. The van der Waals surface area contributed by atoms with Crippen LogP contribution >= 0.6 is 0 Å². The highest BCUT2D eigenvalue weighted by atomic mass is 16.4. The monoisotopic (exact) mass is 283 g/mol. The Morgan fingerprint density at radius 3 is 2.38 bits per heavy atom. The standard InChI is InChI=1S/C15H13N3O3/c19-14(17-11-6-2-1-3-7-11)10-16-18-13-9-5-4-8-12(13)15(20)21/h1-10,18H,(H,17,19)(H,20,21). The summed E-state index contributed by atoms with van der Waals surface area (Å²) < 4.78 is 0. The average molecular weight is 283 g/mol. The molecule has 3 N–H and O–H groups in total. The Morgan fingerprint density at radius 2 is 1.67 bits per heavy atom. The first-order valence-corrected chi connectivity index (χ1v) is 6.14. The topological polar surface area (TPSA) is 90.8 Å². The fourth-order valence-electron chi connectivity index (χ4n) is 1.62. The summed E-state index contributed by atoms with van der Waals surface area (Å²) in [6.07, 6.45) is 1.05. The van der Waals surface area contributed by atoms with Crippen molar-refractivity contribution in [2.24, 2.45) is 5.10 Å². The summed E-state index contributed by atoms with van der Waals surface area (Å²) in [6, 6.07) is 15.2. The maximum Gasteiger partial charge on any atom is 0.337 e. The van der Waals surface area contributed by atoms with E-state index in [0.717, 1.165) is 6.21 Å². The minimum atomic E-state index is -1.07. The molecule has 1 amide bonds. The van der Waals surface area contributed by atoms with Gasteiger partial charge in [0.05, 0.1) is 11.3 Å². The molecule has 21 heavy (non-hydrogen) atoms. The van der Waals surface area contributed by atoms with E-state index in [1.807, 2.05) is 6.07 Å². The normalized spacial score (nSPS) is 10.3. The lowest BCUT2D eigenvalue weighted by Crippen LogP contribution is -2.13. The number of carbonyl (C=O) groups excluding carboxylic acids is 1. The van der Waals surface area contributed by atoms with Gasteiger partial charge in [0.15, 0.2) is 0 Å². The van der Waals surface area contributed by atoms with Gasteiger partial charge in [0.25, 0.3) is 5.91 Å². The molecule has 0 unspecified atom stereocenters. The van der Waals surface area contributed by atoms with E-state index in [2.05, 4.69) is 15.8 Å². The van der Waals surface area contributed by atoms with E-state index in [1.165, 1.54) is 6.07 Å². The molecule has 0 saturated heterocycles. The van der Waals surface area contributed by atoms with Crippen LogP contribution in [0.25, 0.3) is 0 Å². The second-order valence-corrected chi connectivity index (χ2v) is 4.08. The van der Waals surface area contributed by atoms with Gasteiger partial charge in [-0.15, -0.1) is 0 Å². The number of carbonyl (C=O) groups is 2. The molecular formula is C15H13N3O3. The van der Waals surface area contributed by atoms with Gasteiger partial charge in [-0.3, -0.25) is 10.2 Å². The van der Waals surface area contributed by atoms with Crippen LogP contribution in [0.4, 0.5) is 11.4 Å². The predicted molar refractivity (Wildman–Crippen MR) is 80.6 cm³/mol. The maximum absolute atomic E-state index is 11.6. The third-order valence-corrected chi connectivity index (χ3v) is 2.57. The Bertz CT molecular complexity index is 669. The van der Waals surface area contributed by atoms with Gasteiger partial charge in [0.1, 0.15) is 6.21 Å². The van der Waals surface area contributed by atoms with Crippen LogP contribution in [0.15, 0.2) is 59.7 Å². The van der Waals surface area contributed by atoms with Crippen LogP contribution in [0.3, 0.4) is 0 Å². The first kappa shape index (κ1) is 14.3. The number of carboxylic acid groups (broad SMARTS) is 1. The number of nitrogens with one attached hydrogen (secondary N) is 2. The number of hydrogen-bond donors (Lipinski definition) is 3. The molecule has 0 aromatic heterocycles. The van der Waals surface area contributed by atoms with Gasteiger partial charge < -0.3 is 10.4 Å². The zero-order valence-corrected chi connectivity index (χ0v) is 11.0. The van der Waals surface area contributed by atoms with Gasteiger partial charge in [-0.2, -0.15) is 5.10 Å². The summed E-state index contributed by atoms with van der Waals surface area (Å²) in [5, 5.41) is 15.3. The first-order chi connectivity index (χ1) is 10.2. The van der Waals surface area contributed by atoms with Crippen LogP contribution < -0.4 is 10.7 Å². The smallest absolute Gasteiger partial charge is 0.337 e. The summed E-state index contributed by atoms with van der Waals surface area (Å²) >= 11 is 0. The van der Waals surface area contributed by atoms with E-state index >= 15 is 0 Å². The number of para-hydroxylation sites is 2. The molecule has 0 atom stereocenters. The molecule has 0 spiro atoms. The number of benzene rings is 2. The Balaban J connectivity index is 1.97. The van der Waals surface area contributed by atoms with Crippen molar-refractivity contribution < 1.29 is 14.7 Å². The SMILES string of the molecule is O=C(C=NNc1ccccc1C(=O)O)Nc1ccccc1. The van der Waals surface area contributed by atoms with Crippen molar-refractivity contribution in [3.05, 3.63) is 60.2 Å². The van der Waals surface area contributed by atoms with Crippen molar-refractivity contribution in [2.75, 3.05) is 10.7 Å². The fourth-order valence-corrected chi connectivity index (χ4v) is 1.62. The van der Waals surface area contributed by atoms with E-state index in [0.29, 0.717) is 11.4 Å². The molecular weight excluding hydrogens is 270 g/mol. The summed E-state index contributed by atoms with van der Waals surface area (Å²) in [7, 11) is 0. The molecule has 0 bridgehead atoms. The van der Waals surface area contributed by atoms with Gasteiger partial charge in [0, 0.05) is 5.69 Å². The summed E-state index contributed by atoms with van der Waals surface area (Å²) in [6.45, 7) is 0. The number of hydrogen-bond acceptors (Lipinski definition) is 4. The van der Waals surface area contributed by atoms with E-state index < -0.39 is 11.9 Å². The highest BCUT2D eigenvalue weighted by molar-refractivity contribution is 6.31. The third-order valence-electron chi connectivity index (χ3n) is 2.57. The average Bonchev–Trinajstić information content (AvgIpc) is 2.48. The van der Waals surface area contributed by atoms with Gasteiger partial charge in [-0.05, 0) is 24.3 Å². The van der Waals surface area contributed by atoms with Crippen molar-refractivity contribution >= 4 is 29.5 Å². The number of amides is 1. The molecule has 0 saturated carbocycles. The molecule has 6 nitrogen and oxygen atoms in total. The minimum absolute atomic E-state index is 0.0816. The number of hydrazone groups is 1. The largest absolute Gasteiger partial charge is 0.478 e. The fraction of sp³-hybridized carbons (Fsp3) is 0. The van der Waals surface area contributed by atoms with Gasteiger partial charge >= 0.3 is 5.97 Å². The molecule has 106 valence electrons. The van der Waals surface area contributed by atoms with Crippen LogP contribution in [0.2, 0.25) is 0 Å². The van der Waals surface area contributed by atoms with Crippen LogP contribution in [0, 0.1) is 0 Å². The van der Waals surface area contributed by atoms with Crippen molar-refractivity contribution in [1.29, 1.82) is 0 Å². The quantitative estimate of drug-likeness (QED) is 0.580. The van der Waals surface area contributed by atoms with E-state index in [1.54, 1.807) is 42.5 Å². The minimum Gasteiger partial charge on any atom is -0.478 e. The van der Waals surface area contributed by atoms with E-state index in [9.17, 15) is 9.59 Å². The molecule has 2 rings (SSSR count). The van der Waals surface area contributed by atoms with Gasteiger partial charge in [-0.1, -0.05) is 30.3 Å². The molecule has 0 aliphatic heterocycles. The second kappa shape index (κ2) is 6.85. The van der Waals surface area contributed by atoms with Crippen molar-refractivity contribution in [3.63, 3.8) is 0 Å². The molecule has 0 radical (unpaired) electrons. The Labute approximate surface area is 121 Å². The Hall–Kier alpha value is -3.15. The predicted octanol–water partition coefficient (Wildman–Crippen LogP) is 2.42. The van der Waals surface area contributed by atoms with Crippen molar-refractivity contribution in [1.82, 2.24) is 0 Å². The van der Waals surface area contributed by atoms with Crippen LogP contribution in [-0.4, -0.2) is 23.2 Å². The highest BCUT2D eigenvalue weighted by Gasteiger charge is 2.07. The van der Waals surface area contributed by atoms with Gasteiger partial charge in [0.2, 0.25) is 0 Å². The summed E-state index contributed by atoms with van der Waals surface area (Å²) in [5.41, 5.74) is 3.59. The van der Waals surface area contributed by atoms with Crippen molar-refractivity contribution in [3.8, 4) is 0 Å². The molecule has 0 heterocycles. The Kier molecular flexibility index (Phi) is 4.66. The Morgan fingerprint density at radius 1 is 1.00 bits per heavy atom. The second-order valence-electron chi connectivity index (χ2n) is 4.08. The first-order valence-electron chi connectivity index (χ1n) is 6.14. The number of anilines is 2. The van der Waals surface area contributed by atoms with Gasteiger partial charge in [-0.25, -0.2) is 4.79 Å². The van der Waals surface area contributed by atoms with Crippen LogP contribution in [-0.2, 0) is 4.79 Å². The zero-order valence-electron chi connectivity index (χ0n) is 11.0. The number of nitrogens with zero attached hydrogens (tertiary/aromatic N) is 1. The third kappa shape index (κ3) is 4.17. The summed E-state index contributed by atoms with van der Waals surface area (Å²) in [5.74, 6) is -1.48. The molecule has 2 aromatic carbocycles. The summed E-state index contributed by atoms with van der Waals surface area (Å²) in [4.78, 5) is 22.6. The maximum atomic E-state index is 11.6. The molecule has 0 aliphatic rings. The molecule has 6 heteroatoms. The lowest BCUT2D eigenvalue weighted by molar-refractivity contribution is -0.110. The zero-order chi connectivity index (χ0) is 15.1. The van der Waals surface area contributed by atoms with E-state index in [-0.39, 0.29) is 5.56 Å². The van der Waals surface area contributed by atoms with Crippen LogP contribution in [0.5, 0.6) is 0 Å². The van der Waals surface area contributed by atoms with Crippen molar-refractivity contribution in [2.45, 2.75) is 0 Å². The lowest BCUT2D eigenvalue weighted by atomic mass is 10.2. The van der Waals surface area contributed by atoms with E-state index in [4.69, 9.17) is 5.11 Å². The molecule has 0 fully saturated rings. The number of rotatable bonds is 5. The molecule has 2 aromatic rings. The lowest BCUT2D eigenvalue weighted by Gasteiger charge is -2.04. The number of aromatic carboxylic acids is 1.